The molecule has 3 aromatic rings. The molecular formula is C18H15F4N3O3S. The number of rotatable bonds is 5. The molecule has 0 fully saturated rings. The van der Waals surface area contributed by atoms with Gasteiger partial charge in [-0.05, 0) is 31.2 Å². The van der Waals surface area contributed by atoms with Crippen molar-refractivity contribution in [1.82, 2.24) is 10.2 Å². The first kappa shape index (κ1) is 20.8. The summed E-state index contributed by atoms with van der Waals surface area (Å²) in [6.45, 7) is 1.54. The lowest BCUT2D eigenvalue weighted by Crippen LogP contribution is -2.29. The van der Waals surface area contributed by atoms with Gasteiger partial charge in [0.05, 0.1) is 18.5 Å². The highest BCUT2D eigenvalue weighted by molar-refractivity contribution is 7.92. The minimum absolute atomic E-state index is 0.0234. The number of sulfonamides is 1. The van der Waals surface area contributed by atoms with Gasteiger partial charge in [-0.15, -0.1) is 10.2 Å². The van der Waals surface area contributed by atoms with Gasteiger partial charge in [-0.3, -0.25) is 4.31 Å². The highest BCUT2D eigenvalue weighted by atomic mass is 32.2. The first-order valence-electron chi connectivity index (χ1n) is 8.19. The van der Waals surface area contributed by atoms with E-state index in [-0.39, 0.29) is 17.7 Å². The molecule has 1 aromatic heterocycles. The van der Waals surface area contributed by atoms with Crippen LogP contribution in [-0.4, -0.2) is 24.9 Å². The maximum Gasteiger partial charge on any atom is 0.470 e. The van der Waals surface area contributed by atoms with Crippen LogP contribution in [0.4, 0.5) is 23.2 Å². The van der Waals surface area contributed by atoms with Crippen molar-refractivity contribution in [3.8, 4) is 11.5 Å². The number of halogens is 4. The number of hydrogen-bond donors (Lipinski definition) is 0. The third-order valence-corrected chi connectivity index (χ3v) is 5.14. The van der Waals surface area contributed by atoms with Crippen LogP contribution in [0.1, 0.15) is 17.0 Å². The Morgan fingerprint density at radius 3 is 2.24 bits per heavy atom. The van der Waals surface area contributed by atoms with E-state index in [1.54, 1.807) is 24.3 Å². The van der Waals surface area contributed by atoms with Crippen molar-refractivity contribution in [2.75, 3.05) is 10.6 Å². The van der Waals surface area contributed by atoms with Gasteiger partial charge >= 0.3 is 12.1 Å². The molecule has 0 unspecified atom stereocenters. The Kier molecular flexibility index (Phi) is 5.35. The first-order valence-corrected chi connectivity index (χ1v) is 10.0. The monoisotopic (exact) mass is 429 g/mol. The van der Waals surface area contributed by atoms with Gasteiger partial charge in [0.15, 0.2) is 0 Å². The zero-order valence-corrected chi connectivity index (χ0v) is 16.1. The third-order valence-electron chi connectivity index (χ3n) is 4.00. The summed E-state index contributed by atoms with van der Waals surface area (Å²) in [4.78, 5) is 0. The average Bonchev–Trinajstić information content (AvgIpc) is 3.11. The fourth-order valence-corrected chi connectivity index (χ4v) is 3.41. The fraction of sp³-hybridized carbons (Fsp3) is 0.222. The van der Waals surface area contributed by atoms with E-state index < -0.39 is 33.8 Å². The van der Waals surface area contributed by atoms with Crippen LogP contribution in [0.2, 0.25) is 0 Å². The summed E-state index contributed by atoms with van der Waals surface area (Å²) >= 11 is 0. The predicted octanol–water partition coefficient (Wildman–Crippen LogP) is 4.17. The summed E-state index contributed by atoms with van der Waals surface area (Å²) < 4.78 is 82.2. The van der Waals surface area contributed by atoms with Gasteiger partial charge in [0, 0.05) is 11.1 Å². The summed E-state index contributed by atoms with van der Waals surface area (Å²) in [5.41, 5.74) is 1.25. The van der Waals surface area contributed by atoms with E-state index in [1.165, 1.54) is 12.1 Å². The largest absolute Gasteiger partial charge is 0.470 e. The van der Waals surface area contributed by atoms with Crippen molar-refractivity contribution in [3.05, 3.63) is 65.3 Å². The van der Waals surface area contributed by atoms with Gasteiger partial charge in [-0.25, -0.2) is 12.8 Å². The average molecular weight is 429 g/mol. The number of hydrogen-bond acceptors (Lipinski definition) is 5. The molecular weight excluding hydrogens is 414 g/mol. The second-order valence-corrected chi connectivity index (χ2v) is 8.23. The van der Waals surface area contributed by atoms with Crippen molar-refractivity contribution >= 4 is 15.7 Å². The molecule has 0 amide bonds. The Bertz CT molecular complexity index is 1130. The van der Waals surface area contributed by atoms with Crippen LogP contribution < -0.4 is 4.31 Å². The van der Waals surface area contributed by atoms with Gasteiger partial charge < -0.3 is 4.42 Å². The van der Waals surface area contributed by atoms with Crippen molar-refractivity contribution in [2.45, 2.75) is 19.6 Å². The van der Waals surface area contributed by atoms with Crippen LogP contribution in [0.3, 0.4) is 0 Å². The van der Waals surface area contributed by atoms with Crippen LogP contribution >= 0.6 is 0 Å². The number of alkyl halides is 3. The SMILES string of the molecule is Cc1ccc(N(Cc2ccc(-c3nnc(C(F)(F)F)o3)cc2F)S(C)(=O)=O)cc1. The Morgan fingerprint density at radius 2 is 1.72 bits per heavy atom. The molecule has 0 bridgehead atoms. The fourth-order valence-electron chi connectivity index (χ4n) is 2.53. The van der Waals surface area contributed by atoms with E-state index >= 15 is 0 Å². The van der Waals surface area contributed by atoms with Gasteiger partial charge in [0.25, 0.3) is 0 Å². The Balaban J connectivity index is 1.91. The van der Waals surface area contributed by atoms with Crippen LogP contribution in [-0.2, 0) is 22.7 Å². The second kappa shape index (κ2) is 7.47. The highest BCUT2D eigenvalue weighted by Gasteiger charge is 2.38. The lowest BCUT2D eigenvalue weighted by atomic mass is 10.1. The Morgan fingerprint density at radius 1 is 1.07 bits per heavy atom. The Hall–Kier alpha value is -2.95. The molecule has 0 aliphatic heterocycles. The van der Waals surface area contributed by atoms with Crippen LogP contribution in [0.5, 0.6) is 0 Å². The number of aromatic nitrogens is 2. The van der Waals surface area contributed by atoms with Crippen molar-refractivity contribution < 1.29 is 30.4 Å². The number of aryl methyl sites for hydroxylation is 1. The van der Waals surface area contributed by atoms with Crippen LogP contribution in [0.25, 0.3) is 11.5 Å². The normalized spacial score (nSPS) is 12.2. The molecule has 0 radical (unpaired) electrons. The van der Waals surface area contributed by atoms with E-state index in [4.69, 9.17) is 0 Å². The summed E-state index contributed by atoms with van der Waals surface area (Å²) in [6.07, 6.45) is -3.82. The maximum absolute atomic E-state index is 14.6. The molecule has 11 heteroatoms. The molecule has 154 valence electrons. The smallest absolute Gasteiger partial charge is 0.413 e. The van der Waals surface area contributed by atoms with E-state index in [0.29, 0.717) is 5.69 Å². The molecule has 3 rings (SSSR count). The molecule has 0 N–H and O–H groups in total. The molecule has 0 aliphatic rings. The van der Waals surface area contributed by atoms with E-state index in [2.05, 4.69) is 14.6 Å². The molecule has 0 atom stereocenters. The molecule has 29 heavy (non-hydrogen) atoms. The lowest BCUT2D eigenvalue weighted by molar-refractivity contribution is -0.156. The number of nitrogens with zero attached hydrogens (tertiary/aromatic N) is 3. The minimum Gasteiger partial charge on any atom is -0.413 e. The molecule has 0 saturated heterocycles. The van der Waals surface area contributed by atoms with Gasteiger partial charge in [-0.2, -0.15) is 13.2 Å². The predicted molar refractivity (Wildman–Crippen MR) is 96.9 cm³/mol. The van der Waals surface area contributed by atoms with E-state index in [1.807, 2.05) is 6.92 Å². The van der Waals surface area contributed by atoms with E-state index in [9.17, 15) is 26.0 Å². The summed E-state index contributed by atoms with van der Waals surface area (Å²) in [6, 6.07) is 10.1. The summed E-state index contributed by atoms with van der Waals surface area (Å²) in [7, 11) is -3.72. The van der Waals surface area contributed by atoms with Crippen molar-refractivity contribution in [3.63, 3.8) is 0 Å². The zero-order valence-electron chi connectivity index (χ0n) is 15.2. The quantitative estimate of drug-likeness (QED) is 0.569. The molecule has 6 nitrogen and oxygen atoms in total. The molecule has 0 aliphatic carbocycles. The minimum atomic E-state index is -4.81. The van der Waals surface area contributed by atoms with E-state index in [0.717, 1.165) is 22.2 Å². The van der Waals surface area contributed by atoms with Crippen molar-refractivity contribution in [1.29, 1.82) is 0 Å². The van der Waals surface area contributed by atoms with Gasteiger partial charge in [-0.1, -0.05) is 23.8 Å². The highest BCUT2D eigenvalue weighted by Crippen LogP contribution is 2.31. The molecule has 2 aromatic carbocycles. The number of benzene rings is 2. The molecule has 1 heterocycles. The van der Waals surface area contributed by atoms with Crippen molar-refractivity contribution in [2.24, 2.45) is 0 Å². The molecule has 0 saturated carbocycles. The standard InChI is InChI=1S/C18H15F4N3O3S/c1-11-3-7-14(8-4-11)25(29(2,26)27)10-13-6-5-12(9-15(13)19)16-23-24-17(28-16)18(20,21)22/h3-9H,10H2,1-2H3. The topological polar surface area (TPSA) is 76.3 Å². The molecule has 0 spiro atoms. The summed E-state index contributed by atoms with van der Waals surface area (Å²) in [5.74, 6) is -2.86. The third kappa shape index (κ3) is 4.73. The Labute approximate surface area is 163 Å². The number of anilines is 1. The van der Waals surface area contributed by atoms with Crippen LogP contribution in [0.15, 0.2) is 46.9 Å². The van der Waals surface area contributed by atoms with Gasteiger partial charge in [0.2, 0.25) is 15.9 Å². The lowest BCUT2D eigenvalue weighted by Gasteiger charge is -2.23. The summed E-state index contributed by atoms with van der Waals surface area (Å²) in [5, 5.41) is 6.16. The zero-order chi connectivity index (χ0) is 21.4. The van der Waals surface area contributed by atoms with Gasteiger partial charge in [0.1, 0.15) is 5.82 Å². The second-order valence-electron chi connectivity index (χ2n) is 6.32. The first-order chi connectivity index (χ1) is 13.4. The van der Waals surface area contributed by atoms with Crippen LogP contribution in [0, 0.1) is 12.7 Å². The maximum atomic E-state index is 14.6.